The second-order valence-electron chi connectivity index (χ2n) is 3.82. The van der Waals surface area contributed by atoms with E-state index in [1.54, 1.807) is 6.26 Å². The molecule has 0 fully saturated rings. The molecule has 0 amide bonds. The Kier molecular flexibility index (Phi) is 1.99. The van der Waals surface area contributed by atoms with Crippen LogP contribution in [-0.4, -0.2) is 8.07 Å². The molecular weight excluding hydrogens is 140 g/mol. The largest absolute Gasteiger partial charge is 0.470 e. The van der Waals surface area contributed by atoms with Gasteiger partial charge in [0.05, 0.1) is 14.3 Å². The Labute approximate surface area is 63.1 Å². The number of furan rings is 1. The number of hydrogen-bond donors (Lipinski definition) is 0. The molecule has 0 spiro atoms. The van der Waals surface area contributed by atoms with Crippen LogP contribution in [0.4, 0.5) is 0 Å². The molecule has 1 heterocycles. The third-order valence-corrected chi connectivity index (χ3v) is 2.69. The summed E-state index contributed by atoms with van der Waals surface area (Å²) in [5, 5.41) is 0. The quantitative estimate of drug-likeness (QED) is 0.597. The van der Waals surface area contributed by atoms with Crippen LogP contribution in [0.2, 0.25) is 19.6 Å². The Morgan fingerprint density at radius 1 is 1.40 bits per heavy atom. The molecule has 0 atom stereocenters. The molecule has 0 saturated carbocycles. The van der Waals surface area contributed by atoms with Crippen molar-refractivity contribution < 1.29 is 4.42 Å². The highest BCUT2D eigenvalue weighted by Crippen LogP contribution is 2.11. The highest BCUT2D eigenvalue weighted by molar-refractivity contribution is 6.75. The van der Waals surface area contributed by atoms with Crippen molar-refractivity contribution >= 4 is 8.07 Å². The Bertz CT molecular complexity index is 184. The molecule has 1 nitrogen and oxygen atoms in total. The summed E-state index contributed by atoms with van der Waals surface area (Å²) in [6.45, 7) is 7.03. The number of rotatable bonds is 2. The Morgan fingerprint density at radius 2 is 2.10 bits per heavy atom. The molecule has 1 aromatic rings. The van der Waals surface area contributed by atoms with E-state index in [9.17, 15) is 0 Å². The summed E-state index contributed by atoms with van der Waals surface area (Å²) in [6.07, 6.45) is 1.75. The normalized spacial score (nSPS) is 11.9. The van der Waals surface area contributed by atoms with Gasteiger partial charge in [-0.15, -0.1) is 0 Å². The van der Waals surface area contributed by atoms with Crippen molar-refractivity contribution in [2.45, 2.75) is 25.7 Å². The average Bonchev–Trinajstić information content (AvgIpc) is 2.12. The summed E-state index contributed by atoms with van der Waals surface area (Å²) in [4.78, 5) is 0. The lowest BCUT2D eigenvalue weighted by atomic mass is 10.5. The monoisotopic (exact) mass is 154 g/mol. The van der Waals surface area contributed by atoms with Crippen LogP contribution >= 0.6 is 0 Å². The van der Waals surface area contributed by atoms with Gasteiger partial charge < -0.3 is 4.42 Å². The van der Waals surface area contributed by atoms with Gasteiger partial charge in [0.1, 0.15) is 5.76 Å². The molecule has 1 aromatic heterocycles. The molecule has 0 N–H and O–H groups in total. The van der Waals surface area contributed by atoms with Gasteiger partial charge in [0, 0.05) is 6.04 Å². The van der Waals surface area contributed by atoms with E-state index in [-0.39, 0.29) is 0 Å². The van der Waals surface area contributed by atoms with E-state index in [0.717, 1.165) is 11.8 Å². The van der Waals surface area contributed by atoms with Gasteiger partial charge in [0.15, 0.2) is 0 Å². The minimum absolute atomic E-state index is 0.956. The molecule has 0 aromatic carbocycles. The first kappa shape index (κ1) is 7.60. The van der Waals surface area contributed by atoms with E-state index < -0.39 is 8.07 Å². The van der Waals surface area contributed by atoms with Gasteiger partial charge in [-0.05, 0) is 12.1 Å². The molecule has 0 aliphatic carbocycles. The molecule has 2 heteroatoms. The predicted octanol–water partition coefficient (Wildman–Crippen LogP) is 2.70. The summed E-state index contributed by atoms with van der Waals surface area (Å²) in [5.41, 5.74) is 0. The fraction of sp³-hybridized carbons (Fsp3) is 0.500. The van der Waals surface area contributed by atoms with Gasteiger partial charge in [0.2, 0.25) is 0 Å². The molecule has 0 unspecified atom stereocenters. The van der Waals surface area contributed by atoms with E-state index in [2.05, 4.69) is 25.7 Å². The highest BCUT2D eigenvalue weighted by Gasteiger charge is 2.14. The first-order chi connectivity index (χ1) is 4.58. The topological polar surface area (TPSA) is 13.1 Å². The smallest absolute Gasteiger partial charge is 0.101 e. The van der Waals surface area contributed by atoms with E-state index >= 15 is 0 Å². The highest BCUT2D eigenvalue weighted by atomic mass is 28.3. The lowest BCUT2D eigenvalue weighted by Crippen LogP contribution is -2.23. The van der Waals surface area contributed by atoms with Crippen molar-refractivity contribution in [2.75, 3.05) is 0 Å². The zero-order valence-electron chi connectivity index (χ0n) is 6.85. The minimum atomic E-state index is -0.956. The summed E-state index contributed by atoms with van der Waals surface area (Å²) in [6, 6.07) is 5.16. The summed E-state index contributed by atoms with van der Waals surface area (Å²) >= 11 is 0. The van der Waals surface area contributed by atoms with Crippen LogP contribution in [-0.2, 0) is 6.04 Å². The fourth-order valence-corrected chi connectivity index (χ4v) is 2.18. The third-order valence-electron chi connectivity index (χ3n) is 1.28. The predicted molar refractivity (Wildman–Crippen MR) is 45.8 cm³/mol. The second-order valence-corrected chi connectivity index (χ2v) is 9.29. The molecule has 0 aliphatic heterocycles. The molecule has 1 rings (SSSR count). The van der Waals surface area contributed by atoms with Gasteiger partial charge >= 0.3 is 0 Å². The lowest BCUT2D eigenvalue weighted by Gasteiger charge is -2.12. The van der Waals surface area contributed by atoms with Crippen LogP contribution in [0.3, 0.4) is 0 Å². The molecule has 0 saturated heterocycles. The van der Waals surface area contributed by atoms with Crippen LogP contribution in [0.1, 0.15) is 5.76 Å². The maximum absolute atomic E-state index is 5.24. The van der Waals surface area contributed by atoms with Gasteiger partial charge in [-0.3, -0.25) is 0 Å². The van der Waals surface area contributed by atoms with Gasteiger partial charge in [0.25, 0.3) is 0 Å². The van der Waals surface area contributed by atoms with Crippen LogP contribution in [0, 0.1) is 0 Å². The van der Waals surface area contributed by atoms with Crippen molar-refractivity contribution in [3.05, 3.63) is 24.2 Å². The Hall–Kier alpha value is -0.503. The van der Waals surface area contributed by atoms with Crippen LogP contribution in [0.5, 0.6) is 0 Å². The standard InChI is InChI=1S/C8H14OSi/c1-10(2,3)7-8-5-4-6-9-8/h4-6H,7H2,1-3H3. The second kappa shape index (κ2) is 2.62. The summed E-state index contributed by atoms with van der Waals surface area (Å²) in [5.74, 6) is 1.14. The third kappa shape index (κ3) is 2.39. The van der Waals surface area contributed by atoms with Crippen LogP contribution < -0.4 is 0 Å². The zero-order valence-corrected chi connectivity index (χ0v) is 7.85. The van der Waals surface area contributed by atoms with Gasteiger partial charge in [-0.1, -0.05) is 19.6 Å². The summed E-state index contributed by atoms with van der Waals surface area (Å²) in [7, 11) is -0.956. The first-order valence-corrected chi connectivity index (χ1v) is 7.31. The van der Waals surface area contributed by atoms with E-state index in [1.807, 2.05) is 6.07 Å². The molecular formula is C8H14OSi. The molecule has 56 valence electrons. The summed E-state index contributed by atoms with van der Waals surface area (Å²) < 4.78 is 5.24. The van der Waals surface area contributed by atoms with E-state index in [1.165, 1.54) is 0 Å². The van der Waals surface area contributed by atoms with Crippen molar-refractivity contribution in [2.24, 2.45) is 0 Å². The van der Waals surface area contributed by atoms with Crippen molar-refractivity contribution in [1.82, 2.24) is 0 Å². The van der Waals surface area contributed by atoms with Crippen molar-refractivity contribution in [1.29, 1.82) is 0 Å². The van der Waals surface area contributed by atoms with E-state index in [4.69, 9.17) is 4.42 Å². The fourth-order valence-electron chi connectivity index (χ4n) is 0.936. The Morgan fingerprint density at radius 3 is 2.50 bits per heavy atom. The molecule has 0 bridgehead atoms. The van der Waals surface area contributed by atoms with Crippen molar-refractivity contribution in [3.8, 4) is 0 Å². The lowest BCUT2D eigenvalue weighted by molar-refractivity contribution is 0.527. The molecule has 0 radical (unpaired) electrons. The SMILES string of the molecule is C[Si](C)(C)Cc1ccco1. The van der Waals surface area contributed by atoms with Gasteiger partial charge in [-0.2, -0.15) is 0 Å². The van der Waals surface area contributed by atoms with Crippen LogP contribution in [0.25, 0.3) is 0 Å². The maximum atomic E-state index is 5.24. The van der Waals surface area contributed by atoms with Crippen LogP contribution in [0.15, 0.2) is 22.8 Å². The van der Waals surface area contributed by atoms with Gasteiger partial charge in [-0.25, -0.2) is 0 Å². The number of hydrogen-bond acceptors (Lipinski definition) is 1. The molecule has 10 heavy (non-hydrogen) atoms. The van der Waals surface area contributed by atoms with E-state index in [0.29, 0.717) is 0 Å². The maximum Gasteiger partial charge on any atom is 0.101 e. The first-order valence-electron chi connectivity index (χ1n) is 3.60. The minimum Gasteiger partial charge on any atom is -0.470 e. The molecule has 0 aliphatic rings. The van der Waals surface area contributed by atoms with Crippen molar-refractivity contribution in [3.63, 3.8) is 0 Å². The zero-order chi connectivity index (χ0) is 7.61. The average molecular weight is 154 g/mol. The Balaban J connectivity index is 2.57.